The molecule has 4 heteroatoms. The number of anilines is 2. The maximum absolute atomic E-state index is 6.07. The van der Waals surface area contributed by atoms with E-state index in [2.05, 4.69) is 10.00 Å². The second-order valence-electron chi connectivity index (χ2n) is 5.53. The number of nitrogens with zero attached hydrogens (tertiary/aromatic N) is 3. The van der Waals surface area contributed by atoms with Gasteiger partial charge in [-0.1, -0.05) is 12.8 Å². The van der Waals surface area contributed by atoms with E-state index < -0.39 is 0 Å². The zero-order valence-corrected chi connectivity index (χ0v) is 10.6. The van der Waals surface area contributed by atoms with Crippen molar-refractivity contribution in [2.24, 2.45) is 13.0 Å². The third-order valence-corrected chi connectivity index (χ3v) is 4.35. The topological polar surface area (TPSA) is 47.1 Å². The molecule has 1 aromatic rings. The number of aromatic nitrogens is 2. The van der Waals surface area contributed by atoms with E-state index in [4.69, 9.17) is 5.73 Å². The molecule has 1 aliphatic heterocycles. The van der Waals surface area contributed by atoms with E-state index >= 15 is 0 Å². The number of fused-ring (bicyclic) bond motifs is 1. The average molecular weight is 234 g/mol. The second-order valence-corrected chi connectivity index (χ2v) is 5.53. The maximum Gasteiger partial charge on any atom is 0.174 e. The summed E-state index contributed by atoms with van der Waals surface area (Å²) in [7, 11) is 1.95. The number of aryl methyl sites for hydroxylation is 1. The van der Waals surface area contributed by atoms with Crippen LogP contribution in [-0.4, -0.2) is 22.4 Å². The smallest absolute Gasteiger partial charge is 0.174 e. The molecule has 1 aliphatic carbocycles. The van der Waals surface area contributed by atoms with Gasteiger partial charge in [-0.2, -0.15) is 5.10 Å². The van der Waals surface area contributed by atoms with Crippen molar-refractivity contribution in [2.75, 3.05) is 17.2 Å². The van der Waals surface area contributed by atoms with Crippen LogP contribution in [0, 0.1) is 5.92 Å². The fourth-order valence-electron chi connectivity index (χ4n) is 3.61. The van der Waals surface area contributed by atoms with Crippen molar-refractivity contribution in [2.45, 2.75) is 44.6 Å². The lowest BCUT2D eigenvalue weighted by atomic mass is 9.78. The molecule has 0 spiro atoms. The van der Waals surface area contributed by atoms with Crippen molar-refractivity contribution in [3.05, 3.63) is 6.20 Å². The Morgan fingerprint density at radius 1 is 1.24 bits per heavy atom. The largest absolute Gasteiger partial charge is 0.394 e. The number of rotatable bonds is 1. The Hall–Kier alpha value is -1.19. The van der Waals surface area contributed by atoms with Crippen LogP contribution in [0.15, 0.2) is 6.20 Å². The second kappa shape index (κ2) is 4.24. The highest BCUT2D eigenvalue weighted by atomic mass is 15.4. The summed E-state index contributed by atoms with van der Waals surface area (Å²) in [5, 5.41) is 4.54. The summed E-state index contributed by atoms with van der Waals surface area (Å²) in [6.07, 6.45) is 10.1. The SMILES string of the molecule is Cn1cc(N)c(N2CCCC3CCCCC32)n1. The number of nitrogens with two attached hydrogens (primary N) is 1. The van der Waals surface area contributed by atoms with Gasteiger partial charge in [0, 0.05) is 25.8 Å². The van der Waals surface area contributed by atoms with Gasteiger partial charge in [-0.25, -0.2) is 0 Å². The minimum Gasteiger partial charge on any atom is -0.394 e. The lowest BCUT2D eigenvalue weighted by Gasteiger charge is -2.44. The molecule has 2 N–H and O–H groups in total. The molecule has 4 nitrogen and oxygen atoms in total. The molecule has 1 aromatic heterocycles. The van der Waals surface area contributed by atoms with Crippen LogP contribution >= 0.6 is 0 Å². The van der Waals surface area contributed by atoms with Gasteiger partial charge in [0.05, 0.1) is 5.69 Å². The first kappa shape index (κ1) is 10.9. The van der Waals surface area contributed by atoms with Gasteiger partial charge in [0.2, 0.25) is 0 Å². The Morgan fingerprint density at radius 2 is 2.00 bits per heavy atom. The van der Waals surface area contributed by atoms with Gasteiger partial charge < -0.3 is 10.6 Å². The van der Waals surface area contributed by atoms with Gasteiger partial charge in [0.15, 0.2) is 5.82 Å². The zero-order valence-electron chi connectivity index (χ0n) is 10.6. The maximum atomic E-state index is 6.07. The standard InChI is InChI=1S/C13H22N4/c1-16-9-11(14)13(15-16)17-8-4-6-10-5-2-3-7-12(10)17/h9-10,12H,2-8,14H2,1H3. The summed E-state index contributed by atoms with van der Waals surface area (Å²) in [5.41, 5.74) is 6.90. The van der Waals surface area contributed by atoms with Crippen LogP contribution in [0.2, 0.25) is 0 Å². The minimum atomic E-state index is 0.690. The van der Waals surface area contributed by atoms with E-state index in [9.17, 15) is 0 Å². The molecule has 0 radical (unpaired) electrons. The first-order valence-corrected chi connectivity index (χ1v) is 6.81. The molecule has 2 fully saturated rings. The molecule has 0 bridgehead atoms. The number of piperidine rings is 1. The van der Waals surface area contributed by atoms with Crippen LogP contribution < -0.4 is 10.6 Å². The van der Waals surface area contributed by atoms with Crippen LogP contribution in [0.5, 0.6) is 0 Å². The van der Waals surface area contributed by atoms with Crippen molar-refractivity contribution >= 4 is 11.5 Å². The average Bonchev–Trinajstić information content (AvgIpc) is 2.68. The van der Waals surface area contributed by atoms with Crippen LogP contribution in [-0.2, 0) is 7.05 Å². The molecule has 94 valence electrons. The molecule has 2 unspecified atom stereocenters. The first-order chi connectivity index (χ1) is 8.25. The normalized spacial score (nSPS) is 29.1. The van der Waals surface area contributed by atoms with Gasteiger partial charge in [0.1, 0.15) is 0 Å². The Bertz CT molecular complexity index is 396. The van der Waals surface area contributed by atoms with Crippen LogP contribution in [0.1, 0.15) is 38.5 Å². The van der Waals surface area contributed by atoms with Gasteiger partial charge in [-0.3, -0.25) is 4.68 Å². The molecule has 3 rings (SSSR count). The lowest BCUT2D eigenvalue weighted by molar-refractivity contribution is 0.242. The highest BCUT2D eigenvalue weighted by Crippen LogP contribution is 2.38. The molecule has 2 aliphatic rings. The van der Waals surface area contributed by atoms with E-state index in [1.54, 1.807) is 0 Å². The molecule has 1 saturated carbocycles. The Kier molecular flexibility index (Phi) is 2.73. The summed E-state index contributed by atoms with van der Waals surface area (Å²) >= 11 is 0. The van der Waals surface area contributed by atoms with Gasteiger partial charge >= 0.3 is 0 Å². The molecular weight excluding hydrogens is 212 g/mol. The van der Waals surface area contributed by atoms with Crippen molar-refractivity contribution < 1.29 is 0 Å². The quantitative estimate of drug-likeness (QED) is 0.810. The summed E-state index contributed by atoms with van der Waals surface area (Å²) in [6, 6.07) is 0.690. The Labute approximate surface area is 103 Å². The summed E-state index contributed by atoms with van der Waals surface area (Å²) in [6.45, 7) is 1.13. The Morgan fingerprint density at radius 3 is 2.76 bits per heavy atom. The van der Waals surface area contributed by atoms with Gasteiger partial charge in [-0.05, 0) is 31.6 Å². The third-order valence-electron chi connectivity index (χ3n) is 4.35. The van der Waals surface area contributed by atoms with E-state index in [0.717, 1.165) is 24.0 Å². The van der Waals surface area contributed by atoms with E-state index in [1.165, 1.54) is 38.5 Å². The Balaban J connectivity index is 1.88. The predicted molar refractivity (Wildman–Crippen MR) is 69.9 cm³/mol. The van der Waals surface area contributed by atoms with Crippen molar-refractivity contribution in [3.8, 4) is 0 Å². The van der Waals surface area contributed by atoms with Crippen molar-refractivity contribution in [1.82, 2.24) is 9.78 Å². The minimum absolute atomic E-state index is 0.690. The predicted octanol–water partition coefficient (Wildman–Crippen LogP) is 2.16. The summed E-state index contributed by atoms with van der Waals surface area (Å²) < 4.78 is 1.83. The van der Waals surface area contributed by atoms with Crippen LogP contribution in [0.3, 0.4) is 0 Å². The van der Waals surface area contributed by atoms with Crippen molar-refractivity contribution in [1.29, 1.82) is 0 Å². The molecule has 0 amide bonds. The first-order valence-electron chi connectivity index (χ1n) is 6.81. The number of hydrogen-bond acceptors (Lipinski definition) is 3. The van der Waals surface area contributed by atoms with Gasteiger partial charge in [0.25, 0.3) is 0 Å². The molecule has 1 saturated heterocycles. The highest BCUT2D eigenvalue weighted by molar-refractivity contribution is 5.62. The third kappa shape index (κ3) is 1.90. The monoisotopic (exact) mass is 234 g/mol. The summed E-state index contributed by atoms with van der Waals surface area (Å²) in [5.74, 6) is 1.89. The van der Waals surface area contributed by atoms with Gasteiger partial charge in [-0.15, -0.1) is 0 Å². The molecule has 17 heavy (non-hydrogen) atoms. The number of nitrogen functional groups attached to an aromatic ring is 1. The van der Waals surface area contributed by atoms with E-state index in [-0.39, 0.29) is 0 Å². The molecule has 2 atom stereocenters. The summed E-state index contributed by atoms with van der Waals surface area (Å²) in [4.78, 5) is 2.47. The zero-order chi connectivity index (χ0) is 11.8. The van der Waals surface area contributed by atoms with Crippen molar-refractivity contribution in [3.63, 3.8) is 0 Å². The lowest BCUT2D eigenvalue weighted by Crippen LogP contribution is -2.47. The van der Waals surface area contributed by atoms with E-state index in [1.807, 2.05) is 17.9 Å². The molecule has 0 aromatic carbocycles. The van der Waals surface area contributed by atoms with E-state index in [0.29, 0.717) is 6.04 Å². The van der Waals surface area contributed by atoms with Crippen LogP contribution in [0.4, 0.5) is 11.5 Å². The van der Waals surface area contributed by atoms with Crippen LogP contribution in [0.25, 0.3) is 0 Å². The molecular formula is C13H22N4. The fraction of sp³-hybridized carbons (Fsp3) is 0.769. The number of hydrogen-bond donors (Lipinski definition) is 1. The molecule has 2 heterocycles. The fourth-order valence-corrected chi connectivity index (χ4v) is 3.61. The highest BCUT2D eigenvalue weighted by Gasteiger charge is 2.34.